The van der Waals surface area contributed by atoms with Crippen molar-refractivity contribution < 1.29 is 4.79 Å². The quantitative estimate of drug-likeness (QED) is 0.370. The van der Waals surface area contributed by atoms with Crippen LogP contribution in [-0.4, -0.2) is 30.3 Å². The zero-order chi connectivity index (χ0) is 23.7. The molecule has 2 aromatic heterocycles. The van der Waals surface area contributed by atoms with E-state index in [1.807, 2.05) is 97.1 Å². The first kappa shape index (κ1) is 21.9. The van der Waals surface area contributed by atoms with Gasteiger partial charge in [-0.05, 0) is 43.7 Å². The minimum Gasteiger partial charge on any atom is -0.325 e. The van der Waals surface area contributed by atoms with Crippen LogP contribution < -0.4 is 10.9 Å². The second-order valence-corrected chi connectivity index (χ2v) is 9.44. The average Bonchev–Trinajstić information content (AvgIpc) is 3.27. The second-order valence-electron chi connectivity index (χ2n) is 8.13. The number of aromatic nitrogens is 4. The Balaban J connectivity index is 1.55. The molecule has 5 rings (SSSR count). The molecule has 0 fully saturated rings. The normalized spacial score (nSPS) is 12.2. The molecule has 5 aromatic rings. The van der Waals surface area contributed by atoms with Gasteiger partial charge in [-0.15, -0.1) is 10.2 Å². The molecule has 170 valence electrons. The van der Waals surface area contributed by atoms with E-state index < -0.39 is 5.25 Å². The molecule has 1 N–H and O–H groups in total. The minimum absolute atomic E-state index is 0.123. The summed E-state index contributed by atoms with van der Waals surface area (Å²) in [6, 6.07) is 24.8. The summed E-state index contributed by atoms with van der Waals surface area (Å²) in [6.45, 7) is 4.23. The molecule has 0 radical (unpaired) electrons. The van der Waals surface area contributed by atoms with Crippen LogP contribution in [0.15, 0.2) is 88.8 Å². The molecule has 2 heterocycles. The molecular formula is C26H23N5O2S. The molecule has 1 amide bonds. The third kappa shape index (κ3) is 4.20. The molecule has 0 saturated carbocycles. The highest BCUT2D eigenvalue weighted by atomic mass is 32.2. The maximum absolute atomic E-state index is 13.4. The van der Waals surface area contributed by atoms with Gasteiger partial charge >= 0.3 is 0 Å². The smallest absolute Gasteiger partial charge is 0.263 e. The van der Waals surface area contributed by atoms with Crippen LogP contribution >= 0.6 is 11.8 Å². The number of amides is 1. The number of nitrogens with one attached hydrogen (secondary N) is 1. The zero-order valence-electron chi connectivity index (χ0n) is 18.8. The monoisotopic (exact) mass is 469 g/mol. The Morgan fingerprint density at radius 1 is 0.971 bits per heavy atom. The first-order valence-corrected chi connectivity index (χ1v) is 11.8. The van der Waals surface area contributed by atoms with Gasteiger partial charge in [0.15, 0.2) is 5.16 Å². The van der Waals surface area contributed by atoms with Crippen molar-refractivity contribution in [3.63, 3.8) is 0 Å². The van der Waals surface area contributed by atoms with Crippen LogP contribution in [0, 0.1) is 6.92 Å². The Hall–Kier alpha value is -3.91. The Labute approximate surface area is 200 Å². The molecule has 0 bridgehead atoms. The molecule has 34 heavy (non-hydrogen) atoms. The first-order chi connectivity index (χ1) is 16.5. The van der Waals surface area contributed by atoms with Crippen LogP contribution in [0.4, 0.5) is 5.69 Å². The number of fused-ring (bicyclic) bond motifs is 3. The fourth-order valence-electron chi connectivity index (χ4n) is 3.81. The zero-order valence-corrected chi connectivity index (χ0v) is 19.6. The van der Waals surface area contributed by atoms with Crippen LogP contribution in [0.3, 0.4) is 0 Å². The third-order valence-corrected chi connectivity index (χ3v) is 6.67. The van der Waals surface area contributed by atoms with Gasteiger partial charge in [0.25, 0.3) is 5.56 Å². The largest absolute Gasteiger partial charge is 0.325 e. The molecule has 0 aliphatic heterocycles. The van der Waals surface area contributed by atoms with Gasteiger partial charge in [0.2, 0.25) is 11.7 Å². The summed E-state index contributed by atoms with van der Waals surface area (Å²) >= 11 is 1.31. The fraction of sp³-hybridized carbons (Fsp3) is 0.154. The van der Waals surface area contributed by atoms with Crippen molar-refractivity contribution in [3.8, 4) is 0 Å². The van der Waals surface area contributed by atoms with Crippen molar-refractivity contribution in [1.82, 2.24) is 19.2 Å². The maximum Gasteiger partial charge on any atom is 0.263 e. The highest BCUT2D eigenvalue weighted by Crippen LogP contribution is 2.26. The van der Waals surface area contributed by atoms with E-state index in [0.29, 0.717) is 28.4 Å². The number of carbonyl (C=O) groups excluding carboxylic acids is 1. The predicted molar refractivity (Wildman–Crippen MR) is 135 cm³/mol. The van der Waals surface area contributed by atoms with Gasteiger partial charge in [-0.3, -0.25) is 18.6 Å². The number of hydrogen-bond acceptors (Lipinski definition) is 5. The Kier molecular flexibility index (Phi) is 5.90. The summed E-state index contributed by atoms with van der Waals surface area (Å²) in [5.74, 6) is 0.313. The van der Waals surface area contributed by atoms with Crippen molar-refractivity contribution >= 4 is 40.0 Å². The summed E-state index contributed by atoms with van der Waals surface area (Å²) in [4.78, 5) is 26.2. The molecule has 0 saturated heterocycles. The lowest BCUT2D eigenvalue weighted by Gasteiger charge is -2.13. The van der Waals surface area contributed by atoms with E-state index in [1.54, 1.807) is 4.57 Å². The first-order valence-electron chi connectivity index (χ1n) is 11.0. The number of anilines is 1. The number of nitrogens with zero attached hydrogens (tertiary/aromatic N) is 4. The molecule has 8 heteroatoms. The van der Waals surface area contributed by atoms with Gasteiger partial charge in [0.05, 0.1) is 22.7 Å². The van der Waals surface area contributed by atoms with Gasteiger partial charge in [-0.2, -0.15) is 0 Å². The Morgan fingerprint density at radius 3 is 2.44 bits per heavy atom. The summed E-state index contributed by atoms with van der Waals surface area (Å²) in [6.07, 6.45) is 0. The van der Waals surface area contributed by atoms with Crippen molar-refractivity contribution in [2.45, 2.75) is 30.8 Å². The summed E-state index contributed by atoms with van der Waals surface area (Å²) < 4.78 is 3.50. The number of thioether (sulfide) groups is 1. The van der Waals surface area contributed by atoms with E-state index in [4.69, 9.17) is 0 Å². The predicted octanol–water partition coefficient (Wildman–Crippen LogP) is 4.52. The Morgan fingerprint density at radius 2 is 1.68 bits per heavy atom. The van der Waals surface area contributed by atoms with Crippen LogP contribution in [0.25, 0.3) is 16.7 Å². The van der Waals surface area contributed by atoms with E-state index in [-0.39, 0.29) is 11.5 Å². The van der Waals surface area contributed by atoms with Crippen LogP contribution in [0.1, 0.15) is 18.1 Å². The van der Waals surface area contributed by atoms with E-state index in [0.717, 1.165) is 16.8 Å². The minimum atomic E-state index is -0.427. The number of hydrogen-bond donors (Lipinski definition) is 1. The molecule has 0 aliphatic rings. The van der Waals surface area contributed by atoms with Crippen molar-refractivity contribution in [3.05, 3.63) is 100 Å². The summed E-state index contributed by atoms with van der Waals surface area (Å²) in [7, 11) is 0. The molecule has 1 unspecified atom stereocenters. The van der Waals surface area contributed by atoms with Gasteiger partial charge in [-0.1, -0.05) is 71.9 Å². The highest BCUT2D eigenvalue weighted by Gasteiger charge is 2.21. The number of aryl methyl sites for hydroxylation is 1. The van der Waals surface area contributed by atoms with Crippen molar-refractivity contribution in [2.75, 3.05) is 5.32 Å². The molecule has 0 spiro atoms. The second kappa shape index (κ2) is 9.15. The van der Waals surface area contributed by atoms with E-state index in [9.17, 15) is 9.59 Å². The standard InChI is InChI=1S/C26H23N5O2S/c1-17-12-14-19(15-13-17)16-30-24(33)21-10-6-7-11-22(21)31-25(30)28-29-26(31)34-18(2)23(32)27-20-8-4-3-5-9-20/h3-15,18H,16H2,1-2H3,(H,27,32). The average molecular weight is 470 g/mol. The number of benzene rings is 3. The third-order valence-electron chi connectivity index (χ3n) is 5.63. The van der Waals surface area contributed by atoms with Crippen LogP contribution in [-0.2, 0) is 11.3 Å². The lowest BCUT2D eigenvalue weighted by atomic mass is 10.1. The van der Waals surface area contributed by atoms with Gasteiger partial charge in [0.1, 0.15) is 0 Å². The molecule has 3 aromatic carbocycles. The van der Waals surface area contributed by atoms with Gasteiger partial charge < -0.3 is 5.32 Å². The summed E-state index contributed by atoms with van der Waals surface area (Å²) in [5, 5.41) is 12.4. The van der Waals surface area contributed by atoms with Crippen LogP contribution in [0.2, 0.25) is 0 Å². The highest BCUT2D eigenvalue weighted by molar-refractivity contribution is 8.00. The van der Waals surface area contributed by atoms with Crippen molar-refractivity contribution in [1.29, 1.82) is 0 Å². The van der Waals surface area contributed by atoms with Gasteiger partial charge in [0, 0.05) is 5.69 Å². The van der Waals surface area contributed by atoms with Crippen LogP contribution in [0.5, 0.6) is 0 Å². The number of carbonyl (C=O) groups is 1. The van der Waals surface area contributed by atoms with E-state index >= 15 is 0 Å². The fourth-order valence-corrected chi connectivity index (χ4v) is 4.66. The topological polar surface area (TPSA) is 81.3 Å². The lowest BCUT2D eigenvalue weighted by Crippen LogP contribution is -2.24. The molecule has 0 aliphatic carbocycles. The SMILES string of the molecule is Cc1ccc(Cn2c(=O)c3ccccc3n3c(SC(C)C(=O)Nc4ccccc4)nnc23)cc1. The number of rotatable bonds is 6. The molecule has 7 nitrogen and oxygen atoms in total. The molecule has 1 atom stereocenters. The van der Waals surface area contributed by atoms with Gasteiger partial charge in [-0.25, -0.2) is 0 Å². The van der Waals surface area contributed by atoms with E-state index in [1.165, 1.54) is 11.8 Å². The Bertz CT molecular complexity index is 1540. The molecular weight excluding hydrogens is 446 g/mol. The van der Waals surface area contributed by atoms with Crippen molar-refractivity contribution in [2.24, 2.45) is 0 Å². The number of para-hydroxylation sites is 2. The maximum atomic E-state index is 13.4. The summed E-state index contributed by atoms with van der Waals surface area (Å²) in [5.41, 5.74) is 3.48. The lowest BCUT2D eigenvalue weighted by molar-refractivity contribution is -0.115. The van der Waals surface area contributed by atoms with E-state index in [2.05, 4.69) is 15.5 Å².